The molecule has 3 heteroatoms. The first-order valence-electron chi connectivity index (χ1n) is 6.21. The molecule has 0 spiro atoms. The molecule has 15 heavy (non-hydrogen) atoms. The van der Waals surface area contributed by atoms with Crippen LogP contribution in [0.3, 0.4) is 0 Å². The minimum Gasteiger partial charge on any atom is -0.393 e. The molecule has 1 N–H and O–H groups in total. The van der Waals surface area contributed by atoms with Crippen LogP contribution in [-0.2, 0) is 4.79 Å². The number of hydrogen-bond acceptors (Lipinski definition) is 2. The summed E-state index contributed by atoms with van der Waals surface area (Å²) in [5, 5.41) is 9.63. The van der Waals surface area contributed by atoms with E-state index >= 15 is 0 Å². The van der Waals surface area contributed by atoms with Crippen LogP contribution >= 0.6 is 0 Å². The molecule has 2 fully saturated rings. The van der Waals surface area contributed by atoms with E-state index in [1.807, 2.05) is 0 Å². The van der Waals surface area contributed by atoms with Crippen molar-refractivity contribution in [1.82, 2.24) is 4.90 Å². The molecule has 2 rings (SSSR count). The molecule has 1 amide bonds. The summed E-state index contributed by atoms with van der Waals surface area (Å²) in [7, 11) is 0. The highest BCUT2D eigenvalue weighted by molar-refractivity contribution is 5.77. The zero-order valence-corrected chi connectivity index (χ0v) is 9.48. The lowest BCUT2D eigenvalue weighted by Gasteiger charge is -2.37. The minimum atomic E-state index is -0.169. The van der Waals surface area contributed by atoms with E-state index in [4.69, 9.17) is 0 Å². The lowest BCUT2D eigenvalue weighted by Crippen LogP contribution is -2.47. The average molecular weight is 211 g/mol. The average Bonchev–Trinajstić information content (AvgIpc) is 2.48. The van der Waals surface area contributed by atoms with Crippen LogP contribution in [-0.4, -0.2) is 34.1 Å². The molecule has 2 heterocycles. The van der Waals surface area contributed by atoms with Gasteiger partial charge in [0.05, 0.1) is 6.10 Å². The molecular weight excluding hydrogens is 190 g/mol. The van der Waals surface area contributed by atoms with Gasteiger partial charge in [0.2, 0.25) is 5.91 Å². The van der Waals surface area contributed by atoms with E-state index in [1.165, 1.54) is 0 Å². The number of piperidine rings is 1. The van der Waals surface area contributed by atoms with Crippen molar-refractivity contribution in [3.63, 3.8) is 0 Å². The van der Waals surface area contributed by atoms with Crippen LogP contribution in [0.25, 0.3) is 0 Å². The van der Waals surface area contributed by atoms with Crippen molar-refractivity contribution < 1.29 is 9.90 Å². The van der Waals surface area contributed by atoms with E-state index in [-0.39, 0.29) is 6.10 Å². The maximum Gasteiger partial charge on any atom is 0.223 e. The second-order valence-electron chi connectivity index (χ2n) is 4.91. The summed E-state index contributed by atoms with van der Waals surface area (Å²) in [4.78, 5) is 14.0. The quantitative estimate of drug-likeness (QED) is 0.771. The number of fused-ring (bicyclic) bond motifs is 2. The highest BCUT2D eigenvalue weighted by Gasteiger charge is 2.42. The van der Waals surface area contributed by atoms with Crippen LogP contribution in [0.15, 0.2) is 0 Å². The summed E-state index contributed by atoms with van der Waals surface area (Å²) < 4.78 is 0. The lowest BCUT2D eigenvalue weighted by atomic mass is 9.99. The molecule has 0 aromatic rings. The van der Waals surface area contributed by atoms with E-state index in [9.17, 15) is 9.90 Å². The second kappa shape index (κ2) is 4.52. The summed E-state index contributed by atoms with van der Waals surface area (Å²) in [6, 6.07) is 0.672. The van der Waals surface area contributed by atoms with Gasteiger partial charge >= 0.3 is 0 Å². The third kappa shape index (κ3) is 2.17. The zero-order valence-electron chi connectivity index (χ0n) is 9.48. The fraction of sp³-hybridized carbons (Fsp3) is 0.917. The monoisotopic (exact) mass is 211 g/mol. The maximum atomic E-state index is 12.0. The summed E-state index contributed by atoms with van der Waals surface area (Å²) in [5.41, 5.74) is 0. The van der Waals surface area contributed by atoms with Crippen molar-refractivity contribution in [3.05, 3.63) is 0 Å². The molecule has 86 valence electrons. The fourth-order valence-corrected chi connectivity index (χ4v) is 3.01. The van der Waals surface area contributed by atoms with Crippen molar-refractivity contribution in [2.75, 3.05) is 0 Å². The molecule has 0 aliphatic carbocycles. The smallest absolute Gasteiger partial charge is 0.223 e. The number of aliphatic hydroxyl groups excluding tert-OH is 1. The van der Waals surface area contributed by atoms with Crippen LogP contribution in [0.4, 0.5) is 0 Å². The topological polar surface area (TPSA) is 40.5 Å². The Balaban J connectivity index is 1.95. The number of unbranched alkanes of at least 4 members (excludes halogenated alkanes) is 1. The number of carbonyl (C=O) groups excluding carboxylic acids is 1. The van der Waals surface area contributed by atoms with E-state index in [1.54, 1.807) is 0 Å². The Labute approximate surface area is 91.5 Å². The Kier molecular flexibility index (Phi) is 3.29. The van der Waals surface area contributed by atoms with Gasteiger partial charge in [-0.15, -0.1) is 0 Å². The lowest BCUT2D eigenvalue weighted by molar-refractivity contribution is -0.137. The van der Waals surface area contributed by atoms with Crippen molar-refractivity contribution in [2.24, 2.45) is 0 Å². The molecule has 0 saturated carbocycles. The molecule has 2 saturated heterocycles. The largest absolute Gasteiger partial charge is 0.393 e. The van der Waals surface area contributed by atoms with Crippen LogP contribution < -0.4 is 0 Å². The van der Waals surface area contributed by atoms with Crippen molar-refractivity contribution in [2.45, 2.75) is 70.1 Å². The number of aliphatic hydroxyl groups is 1. The highest BCUT2D eigenvalue weighted by Crippen LogP contribution is 2.36. The summed E-state index contributed by atoms with van der Waals surface area (Å²) >= 11 is 0. The van der Waals surface area contributed by atoms with Crippen LogP contribution in [0, 0.1) is 0 Å². The van der Waals surface area contributed by atoms with Gasteiger partial charge < -0.3 is 10.0 Å². The molecule has 0 aromatic heterocycles. The van der Waals surface area contributed by atoms with Gasteiger partial charge in [-0.2, -0.15) is 0 Å². The Morgan fingerprint density at radius 1 is 1.33 bits per heavy atom. The Morgan fingerprint density at radius 3 is 2.47 bits per heavy atom. The molecule has 2 bridgehead atoms. The number of amides is 1. The van der Waals surface area contributed by atoms with Crippen LogP contribution in [0.5, 0.6) is 0 Å². The first kappa shape index (κ1) is 10.9. The third-order valence-electron chi connectivity index (χ3n) is 3.74. The van der Waals surface area contributed by atoms with Gasteiger partial charge in [-0.3, -0.25) is 4.79 Å². The van der Waals surface area contributed by atoms with E-state index < -0.39 is 0 Å². The van der Waals surface area contributed by atoms with Gasteiger partial charge in [0, 0.05) is 18.5 Å². The summed E-state index contributed by atoms with van der Waals surface area (Å²) in [6.07, 6.45) is 6.40. The van der Waals surface area contributed by atoms with Gasteiger partial charge in [0.25, 0.3) is 0 Å². The molecule has 2 atom stereocenters. The molecule has 3 nitrogen and oxygen atoms in total. The van der Waals surface area contributed by atoms with Crippen molar-refractivity contribution in [1.29, 1.82) is 0 Å². The molecule has 2 aliphatic rings. The van der Waals surface area contributed by atoms with Gasteiger partial charge in [-0.25, -0.2) is 0 Å². The second-order valence-corrected chi connectivity index (χ2v) is 4.91. The van der Waals surface area contributed by atoms with Crippen LogP contribution in [0.1, 0.15) is 51.9 Å². The predicted octanol–water partition coefficient (Wildman–Crippen LogP) is 1.69. The van der Waals surface area contributed by atoms with E-state index in [0.29, 0.717) is 24.4 Å². The molecule has 0 radical (unpaired) electrons. The summed E-state index contributed by atoms with van der Waals surface area (Å²) in [5.74, 6) is 0.316. The standard InChI is InChI=1S/C12H21NO2/c1-2-3-4-12(15)13-9-5-6-10(13)8-11(14)7-9/h9-11,14H,2-8H2,1H3. The van der Waals surface area contributed by atoms with Gasteiger partial charge in [-0.1, -0.05) is 13.3 Å². The zero-order chi connectivity index (χ0) is 10.8. The first-order valence-corrected chi connectivity index (χ1v) is 6.21. The third-order valence-corrected chi connectivity index (χ3v) is 3.74. The van der Waals surface area contributed by atoms with Gasteiger partial charge in [0.1, 0.15) is 0 Å². The number of rotatable bonds is 3. The van der Waals surface area contributed by atoms with E-state index in [0.717, 1.165) is 38.5 Å². The SMILES string of the molecule is CCCCC(=O)N1C2CCC1CC(O)C2. The molecule has 2 unspecified atom stereocenters. The number of nitrogens with zero attached hydrogens (tertiary/aromatic N) is 1. The highest BCUT2D eigenvalue weighted by atomic mass is 16.3. The predicted molar refractivity (Wildman–Crippen MR) is 58.4 cm³/mol. The normalized spacial score (nSPS) is 34.5. The first-order chi connectivity index (χ1) is 7.22. The minimum absolute atomic E-state index is 0.169. The van der Waals surface area contributed by atoms with Crippen molar-refractivity contribution in [3.8, 4) is 0 Å². The molecule has 0 aromatic carbocycles. The maximum absolute atomic E-state index is 12.0. The van der Waals surface area contributed by atoms with Crippen molar-refractivity contribution >= 4 is 5.91 Å². The van der Waals surface area contributed by atoms with Crippen LogP contribution in [0.2, 0.25) is 0 Å². The Morgan fingerprint density at radius 2 is 1.93 bits per heavy atom. The van der Waals surface area contributed by atoms with Gasteiger partial charge in [-0.05, 0) is 32.1 Å². The Hall–Kier alpha value is -0.570. The molecule has 2 aliphatic heterocycles. The fourth-order valence-electron chi connectivity index (χ4n) is 3.01. The number of carbonyl (C=O) groups is 1. The van der Waals surface area contributed by atoms with Gasteiger partial charge in [0.15, 0.2) is 0 Å². The molecular formula is C12H21NO2. The number of hydrogen-bond donors (Lipinski definition) is 1. The van der Waals surface area contributed by atoms with E-state index in [2.05, 4.69) is 11.8 Å². The Bertz CT molecular complexity index is 228. The summed E-state index contributed by atoms with van der Waals surface area (Å²) in [6.45, 7) is 2.11.